The van der Waals surface area contributed by atoms with E-state index in [1.165, 1.54) is 0 Å². The smallest absolute Gasteiger partial charge is 0.232 e. The molecule has 0 aliphatic rings. The molecule has 20 heavy (non-hydrogen) atoms. The number of benzene rings is 1. The second-order valence-corrected chi connectivity index (χ2v) is 4.45. The summed E-state index contributed by atoms with van der Waals surface area (Å²) in [5.41, 5.74) is 6.47. The van der Waals surface area contributed by atoms with Crippen molar-refractivity contribution in [3.05, 3.63) is 36.7 Å². The Bertz CT molecular complexity index is 737. The van der Waals surface area contributed by atoms with Gasteiger partial charge in [-0.3, -0.25) is 4.68 Å². The molecule has 0 fully saturated rings. The molecule has 6 nitrogen and oxygen atoms in total. The fraction of sp³-hybridized carbons (Fsp3) is 0.214. The molecular formula is C14H15N5O. The van der Waals surface area contributed by atoms with Crippen molar-refractivity contribution in [3.63, 3.8) is 0 Å². The molecule has 0 spiro atoms. The zero-order chi connectivity index (χ0) is 13.9. The van der Waals surface area contributed by atoms with E-state index in [0.29, 0.717) is 11.6 Å². The average molecular weight is 269 g/mol. The third-order valence-electron chi connectivity index (χ3n) is 2.86. The zero-order valence-electron chi connectivity index (χ0n) is 11.2. The van der Waals surface area contributed by atoms with Crippen LogP contribution >= 0.6 is 0 Å². The van der Waals surface area contributed by atoms with E-state index in [1.807, 2.05) is 35.1 Å². The Hall–Kier alpha value is -2.63. The van der Waals surface area contributed by atoms with Crippen molar-refractivity contribution in [1.29, 1.82) is 0 Å². The molecular weight excluding hydrogens is 254 g/mol. The van der Waals surface area contributed by atoms with E-state index >= 15 is 0 Å². The van der Waals surface area contributed by atoms with Gasteiger partial charge in [-0.05, 0) is 18.6 Å². The topological polar surface area (TPSA) is 78.9 Å². The Morgan fingerprint density at radius 1 is 1.25 bits per heavy atom. The Morgan fingerprint density at radius 2 is 2.10 bits per heavy atom. The molecule has 3 aromatic rings. The van der Waals surface area contributed by atoms with Crippen LogP contribution in [-0.2, 0) is 6.54 Å². The molecule has 2 aromatic heterocycles. The van der Waals surface area contributed by atoms with Gasteiger partial charge in [0.15, 0.2) is 5.75 Å². The number of para-hydroxylation sites is 1. The van der Waals surface area contributed by atoms with Gasteiger partial charge in [-0.25, -0.2) is 4.98 Å². The SMILES string of the molecule is CCCn1cc(Oc2nc(N)nc3ccccc23)cn1. The van der Waals surface area contributed by atoms with Crippen molar-refractivity contribution in [2.24, 2.45) is 0 Å². The monoisotopic (exact) mass is 269 g/mol. The number of nitrogens with zero attached hydrogens (tertiary/aromatic N) is 4. The van der Waals surface area contributed by atoms with Gasteiger partial charge in [-0.2, -0.15) is 10.1 Å². The highest BCUT2D eigenvalue weighted by Gasteiger charge is 2.09. The maximum absolute atomic E-state index is 5.79. The lowest BCUT2D eigenvalue weighted by atomic mass is 10.2. The van der Waals surface area contributed by atoms with Gasteiger partial charge in [0, 0.05) is 6.54 Å². The number of aryl methyl sites for hydroxylation is 1. The molecule has 0 aliphatic heterocycles. The summed E-state index contributed by atoms with van der Waals surface area (Å²) >= 11 is 0. The second kappa shape index (κ2) is 5.16. The maximum atomic E-state index is 5.79. The Labute approximate surface area is 116 Å². The highest BCUT2D eigenvalue weighted by molar-refractivity contribution is 5.84. The second-order valence-electron chi connectivity index (χ2n) is 4.45. The molecule has 0 atom stereocenters. The summed E-state index contributed by atoms with van der Waals surface area (Å²) in [5, 5.41) is 5.05. The minimum Gasteiger partial charge on any atom is -0.435 e. The Balaban J connectivity index is 1.97. The molecule has 0 saturated carbocycles. The largest absolute Gasteiger partial charge is 0.435 e. The normalized spacial score (nSPS) is 10.8. The molecule has 1 aromatic carbocycles. The molecule has 3 rings (SSSR count). The predicted molar refractivity (Wildman–Crippen MR) is 76.5 cm³/mol. The summed E-state index contributed by atoms with van der Waals surface area (Å²) < 4.78 is 7.62. The maximum Gasteiger partial charge on any atom is 0.232 e. The van der Waals surface area contributed by atoms with Crippen molar-refractivity contribution >= 4 is 16.9 Å². The van der Waals surface area contributed by atoms with Crippen LogP contribution in [0.3, 0.4) is 0 Å². The van der Waals surface area contributed by atoms with Crippen LogP contribution in [0.2, 0.25) is 0 Å². The van der Waals surface area contributed by atoms with Crippen molar-refractivity contribution in [2.75, 3.05) is 5.73 Å². The van der Waals surface area contributed by atoms with Crippen molar-refractivity contribution in [1.82, 2.24) is 19.7 Å². The molecule has 0 aliphatic carbocycles. The Kier molecular flexibility index (Phi) is 3.20. The lowest BCUT2D eigenvalue weighted by Crippen LogP contribution is -1.98. The van der Waals surface area contributed by atoms with E-state index in [-0.39, 0.29) is 5.95 Å². The molecule has 0 radical (unpaired) electrons. The molecule has 2 heterocycles. The van der Waals surface area contributed by atoms with Gasteiger partial charge in [0.1, 0.15) is 0 Å². The third-order valence-corrected chi connectivity index (χ3v) is 2.86. The van der Waals surface area contributed by atoms with E-state index in [4.69, 9.17) is 10.5 Å². The van der Waals surface area contributed by atoms with E-state index < -0.39 is 0 Å². The molecule has 102 valence electrons. The fourth-order valence-electron chi connectivity index (χ4n) is 2.00. The summed E-state index contributed by atoms with van der Waals surface area (Å²) in [6.07, 6.45) is 4.53. The minimum absolute atomic E-state index is 0.194. The number of ether oxygens (including phenoxy) is 1. The van der Waals surface area contributed by atoms with E-state index in [0.717, 1.165) is 23.9 Å². The van der Waals surface area contributed by atoms with Crippen molar-refractivity contribution < 1.29 is 4.74 Å². The number of nitrogen functional groups attached to an aromatic ring is 1. The molecule has 0 bridgehead atoms. The number of fused-ring (bicyclic) bond motifs is 1. The van der Waals surface area contributed by atoms with Crippen LogP contribution in [0.1, 0.15) is 13.3 Å². The first kappa shape index (κ1) is 12.4. The van der Waals surface area contributed by atoms with Gasteiger partial charge in [0.05, 0.1) is 23.3 Å². The summed E-state index contributed by atoms with van der Waals surface area (Å²) in [6.45, 7) is 2.96. The molecule has 0 unspecified atom stereocenters. The molecule has 6 heteroatoms. The van der Waals surface area contributed by atoms with Gasteiger partial charge in [0.25, 0.3) is 0 Å². The molecule has 2 N–H and O–H groups in total. The van der Waals surface area contributed by atoms with Crippen LogP contribution in [0.15, 0.2) is 36.7 Å². The summed E-state index contributed by atoms with van der Waals surface area (Å²) in [6, 6.07) is 7.59. The molecule has 0 saturated heterocycles. The standard InChI is InChI=1S/C14H15N5O/c1-2-7-19-9-10(8-16-19)20-13-11-5-3-4-6-12(11)17-14(15)18-13/h3-6,8-9H,2,7H2,1H3,(H2,15,17,18). The number of anilines is 1. The number of rotatable bonds is 4. The van der Waals surface area contributed by atoms with Crippen LogP contribution in [0, 0.1) is 0 Å². The quantitative estimate of drug-likeness (QED) is 0.787. The van der Waals surface area contributed by atoms with Crippen LogP contribution < -0.4 is 10.5 Å². The lowest BCUT2D eigenvalue weighted by Gasteiger charge is -2.06. The summed E-state index contributed by atoms with van der Waals surface area (Å²) in [7, 11) is 0. The van der Waals surface area contributed by atoms with Gasteiger partial charge < -0.3 is 10.5 Å². The van der Waals surface area contributed by atoms with Crippen molar-refractivity contribution in [2.45, 2.75) is 19.9 Å². The molecule has 0 amide bonds. The van der Waals surface area contributed by atoms with Crippen LogP contribution in [0.25, 0.3) is 10.9 Å². The third kappa shape index (κ3) is 2.40. The van der Waals surface area contributed by atoms with Crippen LogP contribution in [-0.4, -0.2) is 19.7 Å². The number of hydrogen-bond donors (Lipinski definition) is 1. The summed E-state index contributed by atoms with van der Waals surface area (Å²) in [5.74, 6) is 1.28. The first-order chi connectivity index (χ1) is 9.76. The fourth-order valence-corrected chi connectivity index (χ4v) is 2.00. The van der Waals surface area contributed by atoms with Crippen LogP contribution in [0.5, 0.6) is 11.6 Å². The Morgan fingerprint density at radius 3 is 2.95 bits per heavy atom. The highest BCUT2D eigenvalue weighted by atomic mass is 16.5. The minimum atomic E-state index is 0.194. The number of hydrogen-bond acceptors (Lipinski definition) is 5. The number of aromatic nitrogens is 4. The number of nitrogens with two attached hydrogens (primary N) is 1. The first-order valence-electron chi connectivity index (χ1n) is 6.49. The zero-order valence-corrected chi connectivity index (χ0v) is 11.2. The lowest BCUT2D eigenvalue weighted by molar-refractivity contribution is 0.467. The average Bonchev–Trinajstić information content (AvgIpc) is 2.86. The first-order valence-corrected chi connectivity index (χ1v) is 6.49. The highest BCUT2D eigenvalue weighted by Crippen LogP contribution is 2.27. The predicted octanol–water partition coefficient (Wildman–Crippen LogP) is 2.61. The van der Waals surface area contributed by atoms with Crippen molar-refractivity contribution in [3.8, 4) is 11.6 Å². The summed E-state index contributed by atoms with van der Waals surface area (Å²) in [4.78, 5) is 8.34. The van der Waals surface area contributed by atoms with Gasteiger partial charge in [0.2, 0.25) is 11.8 Å². The van der Waals surface area contributed by atoms with Gasteiger partial charge in [-0.15, -0.1) is 0 Å². The van der Waals surface area contributed by atoms with Gasteiger partial charge in [-0.1, -0.05) is 19.1 Å². The van der Waals surface area contributed by atoms with E-state index in [1.54, 1.807) is 6.20 Å². The van der Waals surface area contributed by atoms with Gasteiger partial charge >= 0.3 is 0 Å². The van der Waals surface area contributed by atoms with Crippen LogP contribution in [0.4, 0.5) is 5.95 Å². The van der Waals surface area contributed by atoms with E-state index in [9.17, 15) is 0 Å². The van der Waals surface area contributed by atoms with E-state index in [2.05, 4.69) is 22.0 Å².